The lowest BCUT2D eigenvalue weighted by Crippen LogP contribution is -2.38. The smallest absolute Gasteiger partial charge is 0.308 e. The van der Waals surface area contributed by atoms with Crippen LogP contribution in [0.1, 0.15) is 79.7 Å². The summed E-state index contributed by atoms with van der Waals surface area (Å²) in [6.45, 7) is 6.10. The highest BCUT2D eigenvalue weighted by molar-refractivity contribution is 5.96. The number of carboxylic acids is 1. The molecule has 138 valence electrons. The summed E-state index contributed by atoms with van der Waals surface area (Å²) in [4.78, 5) is 26.2. The molecule has 1 aromatic heterocycles. The molecule has 1 heterocycles. The van der Waals surface area contributed by atoms with Gasteiger partial charge in [0.25, 0.3) is 5.91 Å². The first-order valence-corrected chi connectivity index (χ1v) is 9.62. The van der Waals surface area contributed by atoms with Gasteiger partial charge in [-0.15, -0.1) is 0 Å². The standard InChI is InChI=1S/C20H30N2O3/c1-13(20(24)25)12-21(16-9-10-16)19(23)18-11-14(2)22(15(18)3)17-7-5-4-6-8-17/h11,13,16-17H,4-10,12H2,1-3H3,(H,24,25). The van der Waals surface area contributed by atoms with E-state index in [-0.39, 0.29) is 11.9 Å². The molecule has 25 heavy (non-hydrogen) atoms. The van der Waals surface area contributed by atoms with Gasteiger partial charge in [0, 0.05) is 30.0 Å². The van der Waals surface area contributed by atoms with Crippen LogP contribution >= 0.6 is 0 Å². The van der Waals surface area contributed by atoms with Crippen molar-refractivity contribution in [2.24, 2.45) is 5.92 Å². The van der Waals surface area contributed by atoms with Gasteiger partial charge in [-0.3, -0.25) is 9.59 Å². The van der Waals surface area contributed by atoms with E-state index in [1.165, 1.54) is 32.1 Å². The molecule has 1 amide bonds. The van der Waals surface area contributed by atoms with Gasteiger partial charge in [-0.25, -0.2) is 0 Å². The highest BCUT2D eigenvalue weighted by Crippen LogP contribution is 2.34. The van der Waals surface area contributed by atoms with Crippen LogP contribution < -0.4 is 0 Å². The molecule has 2 aliphatic rings. The van der Waals surface area contributed by atoms with Gasteiger partial charge in [-0.05, 0) is 45.6 Å². The van der Waals surface area contributed by atoms with E-state index in [2.05, 4.69) is 11.5 Å². The molecule has 1 aromatic rings. The first-order chi connectivity index (χ1) is 11.9. The monoisotopic (exact) mass is 346 g/mol. The maximum absolute atomic E-state index is 13.2. The number of aromatic nitrogens is 1. The Morgan fingerprint density at radius 2 is 1.84 bits per heavy atom. The van der Waals surface area contributed by atoms with Crippen LogP contribution in [0.15, 0.2) is 6.07 Å². The number of amides is 1. The number of aryl methyl sites for hydroxylation is 1. The third-order valence-corrected chi connectivity index (χ3v) is 5.80. The van der Waals surface area contributed by atoms with Gasteiger partial charge in [0.1, 0.15) is 0 Å². The average Bonchev–Trinajstić information content (AvgIpc) is 3.38. The van der Waals surface area contributed by atoms with Crippen LogP contribution in [0.2, 0.25) is 0 Å². The average molecular weight is 346 g/mol. The summed E-state index contributed by atoms with van der Waals surface area (Å²) < 4.78 is 2.35. The Kier molecular flexibility index (Phi) is 5.21. The van der Waals surface area contributed by atoms with Crippen LogP contribution in [0.3, 0.4) is 0 Å². The third kappa shape index (κ3) is 3.75. The van der Waals surface area contributed by atoms with Crippen molar-refractivity contribution in [3.8, 4) is 0 Å². The first-order valence-electron chi connectivity index (χ1n) is 9.62. The number of rotatable bonds is 6. The number of hydrogen-bond acceptors (Lipinski definition) is 2. The second-order valence-electron chi connectivity index (χ2n) is 7.87. The Labute approximate surface area is 150 Å². The van der Waals surface area contributed by atoms with Crippen molar-refractivity contribution in [1.82, 2.24) is 9.47 Å². The van der Waals surface area contributed by atoms with Crippen LogP contribution in [0.25, 0.3) is 0 Å². The topological polar surface area (TPSA) is 62.5 Å². The predicted octanol–water partition coefficient (Wildman–Crippen LogP) is 3.94. The van der Waals surface area contributed by atoms with Gasteiger partial charge in [-0.2, -0.15) is 0 Å². The lowest BCUT2D eigenvalue weighted by atomic mass is 9.95. The zero-order chi connectivity index (χ0) is 18.1. The molecule has 1 atom stereocenters. The highest BCUT2D eigenvalue weighted by Gasteiger charge is 2.36. The molecule has 2 fully saturated rings. The summed E-state index contributed by atoms with van der Waals surface area (Å²) in [6.07, 6.45) is 8.17. The van der Waals surface area contributed by atoms with Crippen LogP contribution in [0, 0.1) is 19.8 Å². The summed E-state index contributed by atoms with van der Waals surface area (Å²) in [5.74, 6) is -1.37. The molecular formula is C20H30N2O3. The lowest BCUT2D eigenvalue weighted by molar-refractivity contribution is -0.141. The second-order valence-corrected chi connectivity index (χ2v) is 7.87. The summed E-state index contributed by atoms with van der Waals surface area (Å²) in [5.41, 5.74) is 2.95. The van der Waals surface area contributed by atoms with Crippen molar-refractivity contribution in [3.63, 3.8) is 0 Å². The SMILES string of the molecule is Cc1cc(C(=O)N(CC(C)C(=O)O)C2CC2)c(C)n1C1CCCCC1. The number of nitrogens with zero attached hydrogens (tertiary/aromatic N) is 2. The summed E-state index contributed by atoms with van der Waals surface area (Å²) in [6, 6.07) is 2.72. The Hall–Kier alpha value is -1.78. The molecule has 0 spiro atoms. The van der Waals surface area contributed by atoms with Crippen LogP contribution in [0.5, 0.6) is 0 Å². The molecular weight excluding hydrogens is 316 g/mol. The van der Waals surface area contributed by atoms with Crippen molar-refractivity contribution in [2.75, 3.05) is 6.54 Å². The lowest BCUT2D eigenvalue weighted by Gasteiger charge is -2.27. The van der Waals surface area contributed by atoms with E-state index >= 15 is 0 Å². The molecule has 0 radical (unpaired) electrons. The molecule has 3 rings (SSSR count). The molecule has 0 aromatic carbocycles. The molecule has 1 unspecified atom stereocenters. The van der Waals surface area contributed by atoms with Crippen molar-refractivity contribution in [3.05, 3.63) is 23.0 Å². The van der Waals surface area contributed by atoms with Crippen molar-refractivity contribution >= 4 is 11.9 Å². The number of aliphatic carboxylic acids is 1. The van der Waals surface area contributed by atoms with Gasteiger partial charge in [-0.1, -0.05) is 26.2 Å². The zero-order valence-electron chi connectivity index (χ0n) is 15.6. The molecule has 2 saturated carbocycles. The van der Waals surface area contributed by atoms with E-state index in [4.69, 9.17) is 0 Å². The minimum absolute atomic E-state index is 0.00533. The van der Waals surface area contributed by atoms with Crippen LogP contribution in [0.4, 0.5) is 0 Å². The largest absolute Gasteiger partial charge is 0.481 e. The normalized spacial score (nSPS) is 19.6. The molecule has 0 aliphatic heterocycles. The molecule has 1 N–H and O–H groups in total. The van der Waals surface area contributed by atoms with Crippen LogP contribution in [-0.2, 0) is 4.79 Å². The number of carbonyl (C=O) groups excluding carboxylic acids is 1. The van der Waals surface area contributed by atoms with E-state index in [0.29, 0.717) is 12.6 Å². The van der Waals surface area contributed by atoms with Crippen LogP contribution in [-0.4, -0.2) is 39.0 Å². The maximum atomic E-state index is 13.2. The minimum atomic E-state index is -0.842. The van der Waals surface area contributed by atoms with Crippen molar-refractivity contribution < 1.29 is 14.7 Å². The Bertz CT molecular complexity index is 654. The number of hydrogen-bond donors (Lipinski definition) is 1. The van der Waals surface area contributed by atoms with Gasteiger partial charge < -0.3 is 14.6 Å². The highest BCUT2D eigenvalue weighted by atomic mass is 16.4. The molecule has 5 nitrogen and oxygen atoms in total. The van der Waals surface area contributed by atoms with Crippen molar-refractivity contribution in [1.29, 1.82) is 0 Å². The zero-order valence-corrected chi connectivity index (χ0v) is 15.6. The molecule has 0 bridgehead atoms. The summed E-state index contributed by atoms with van der Waals surface area (Å²) in [5, 5.41) is 9.22. The second kappa shape index (κ2) is 7.22. The Morgan fingerprint density at radius 3 is 2.40 bits per heavy atom. The van der Waals surface area contributed by atoms with Gasteiger partial charge in [0.05, 0.1) is 11.5 Å². The van der Waals surface area contributed by atoms with Gasteiger partial charge >= 0.3 is 5.97 Å². The summed E-state index contributed by atoms with van der Waals surface area (Å²) >= 11 is 0. The molecule has 2 aliphatic carbocycles. The maximum Gasteiger partial charge on any atom is 0.308 e. The van der Waals surface area contributed by atoms with E-state index in [9.17, 15) is 14.7 Å². The van der Waals surface area contributed by atoms with Gasteiger partial charge in [0.15, 0.2) is 0 Å². The van der Waals surface area contributed by atoms with E-state index in [0.717, 1.165) is 29.8 Å². The molecule has 5 heteroatoms. The van der Waals surface area contributed by atoms with E-state index in [1.807, 2.05) is 13.0 Å². The quantitative estimate of drug-likeness (QED) is 0.849. The Balaban J connectivity index is 1.84. The fourth-order valence-corrected chi connectivity index (χ4v) is 4.21. The fraction of sp³-hybridized carbons (Fsp3) is 0.700. The van der Waals surface area contributed by atoms with E-state index < -0.39 is 11.9 Å². The minimum Gasteiger partial charge on any atom is -0.481 e. The van der Waals surface area contributed by atoms with E-state index in [1.54, 1.807) is 11.8 Å². The van der Waals surface area contributed by atoms with Gasteiger partial charge in [0.2, 0.25) is 0 Å². The third-order valence-electron chi connectivity index (χ3n) is 5.80. The Morgan fingerprint density at radius 1 is 1.20 bits per heavy atom. The molecule has 0 saturated heterocycles. The van der Waals surface area contributed by atoms with Crippen molar-refractivity contribution in [2.45, 2.75) is 77.8 Å². The summed E-state index contributed by atoms with van der Waals surface area (Å²) in [7, 11) is 0. The predicted molar refractivity (Wildman–Crippen MR) is 96.9 cm³/mol. The fourth-order valence-electron chi connectivity index (χ4n) is 4.21. The number of carbonyl (C=O) groups is 2. The number of carboxylic acid groups (broad SMARTS) is 1. The first kappa shape index (κ1) is 18.0.